The molecular formula is C16H17ClN2O. The topological polar surface area (TPSA) is 32.3 Å². The number of carbonyl (C=O) groups excluding carboxylic acids is 1. The molecular weight excluding hydrogens is 272 g/mol. The normalized spacial score (nSPS) is 10.2. The Morgan fingerprint density at radius 1 is 1.15 bits per heavy atom. The van der Waals surface area contributed by atoms with Gasteiger partial charge in [0.05, 0.1) is 5.56 Å². The lowest BCUT2D eigenvalue weighted by Crippen LogP contribution is -2.26. The van der Waals surface area contributed by atoms with Crippen molar-refractivity contribution in [3.05, 3.63) is 64.7 Å². The molecule has 0 aliphatic rings. The Balaban J connectivity index is 2.14. The molecule has 20 heavy (non-hydrogen) atoms. The molecule has 0 aliphatic carbocycles. The molecule has 2 aromatic carbocycles. The third-order valence-corrected chi connectivity index (χ3v) is 3.36. The van der Waals surface area contributed by atoms with Gasteiger partial charge in [-0.2, -0.15) is 0 Å². The number of amides is 1. The van der Waals surface area contributed by atoms with Crippen molar-refractivity contribution in [1.29, 1.82) is 0 Å². The summed E-state index contributed by atoms with van der Waals surface area (Å²) in [5, 5.41) is 3.74. The van der Waals surface area contributed by atoms with Gasteiger partial charge in [0, 0.05) is 31.4 Å². The van der Waals surface area contributed by atoms with E-state index < -0.39 is 0 Å². The number of hydrogen-bond donors (Lipinski definition) is 1. The van der Waals surface area contributed by atoms with Crippen LogP contribution in [0.15, 0.2) is 48.5 Å². The second-order valence-corrected chi connectivity index (χ2v) is 5.02. The Morgan fingerprint density at radius 3 is 2.45 bits per heavy atom. The maximum Gasteiger partial charge on any atom is 0.255 e. The van der Waals surface area contributed by atoms with Gasteiger partial charge in [0.2, 0.25) is 0 Å². The van der Waals surface area contributed by atoms with Crippen molar-refractivity contribution in [2.24, 2.45) is 0 Å². The lowest BCUT2D eigenvalue weighted by molar-refractivity contribution is 0.0786. The van der Waals surface area contributed by atoms with Crippen molar-refractivity contribution < 1.29 is 4.79 Å². The van der Waals surface area contributed by atoms with Crippen molar-refractivity contribution >= 4 is 23.2 Å². The predicted octanol–water partition coefficient (Wildman–Crippen LogP) is 3.65. The van der Waals surface area contributed by atoms with Gasteiger partial charge in [-0.3, -0.25) is 4.79 Å². The first kappa shape index (κ1) is 14.4. The Morgan fingerprint density at radius 2 is 1.80 bits per heavy atom. The zero-order valence-electron chi connectivity index (χ0n) is 11.6. The van der Waals surface area contributed by atoms with E-state index in [0.29, 0.717) is 17.1 Å². The third kappa shape index (κ3) is 3.31. The van der Waals surface area contributed by atoms with Crippen LogP contribution in [-0.2, 0) is 6.54 Å². The average molecular weight is 289 g/mol. The smallest absolute Gasteiger partial charge is 0.255 e. The molecule has 3 nitrogen and oxygen atoms in total. The Kier molecular flexibility index (Phi) is 4.64. The second kappa shape index (κ2) is 6.44. The van der Waals surface area contributed by atoms with Gasteiger partial charge in [-0.05, 0) is 29.8 Å². The number of para-hydroxylation sites is 1. The summed E-state index contributed by atoms with van der Waals surface area (Å²) < 4.78 is 0. The van der Waals surface area contributed by atoms with E-state index in [2.05, 4.69) is 5.32 Å². The van der Waals surface area contributed by atoms with Gasteiger partial charge in [0.1, 0.15) is 0 Å². The minimum absolute atomic E-state index is 0.00935. The van der Waals surface area contributed by atoms with E-state index in [0.717, 1.165) is 11.3 Å². The minimum Gasteiger partial charge on any atom is -0.387 e. The van der Waals surface area contributed by atoms with E-state index in [9.17, 15) is 4.79 Å². The minimum atomic E-state index is -0.00935. The summed E-state index contributed by atoms with van der Waals surface area (Å²) >= 11 is 5.86. The molecule has 0 aliphatic heterocycles. The summed E-state index contributed by atoms with van der Waals surface area (Å²) in [5.74, 6) is -0.00935. The highest BCUT2D eigenvalue weighted by molar-refractivity contribution is 6.30. The quantitative estimate of drug-likeness (QED) is 0.931. The van der Waals surface area contributed by atoms with Crippen LogP contribution in [0.4, 0.5) is 5.69 Å². The molecule has 1 amide bonds. The molecule has 0 unspecified atom stereocenters. The molecule has 4 heteroatoms. The Bertz CT molecular complexity index is 596. The average Bonchev–Trinajstić information content (AvgIpc) is 2.48. The number of nitrogens with zero attached hydrogens (tertiary/aromatic N) is 1. The van der Waals surface area contributed by atoms with E-state index in [1.807, 2.05) is 55.6 Å². The number of benzene rings is 2. The molecule has 0 spiro atoms. The van der Waals surface area contributed by atoms with E-state index in [1.165, 1.54) is 0 Å². The van der Waals surface area contributed by atoms with Gasteiger partial charge in [-0.15, -0.1) is 0 Å². The standard InChI is InChI=1S/C16H17ClN2O/c1-18-15-6-4-3-5-14(15)16(20)19(2)11-12-7-9-13(17)10-8-12/h3-10,18H,11H2,1-2H3. The van der Waals surface area contributed by atoms with Crippen LogP contribution >= 0.6 is 11.6 Å². The van der Waals surface area contributed by atoms with Crippen LogP contribution in [0.2, 0.25) is 5.02 Å². The van der Waals surface area contributed by atoms with Crippen molar-refractivity contribution in [2.45, 2.75) is 6.54 Å². The molecule has 0 saturated carbocycles. The fourth-order valence-electron chi connectivity index (χ4n) is 2.03. The van der Waals surface area contributed by atoms with Gasteiger partial charge >= 0.3 is 0 Å². The molecule has 0 atom stereocenters. The molecule has 0 aromatic heterocycles. The summed E-state index contributed by atoms with van der Waals surface area (Å²) in [7, 11) is 3.61. The van der Waals surface area contributed by atoms with Crippen molar-refractivity contribution in [3.63, 3.8) is 0 Å². The highest BCUT2D eigenvalue weighted by Gasteiger charge is 2.15. The molecule has 0 saturated heterocycles. The lowest BCUT2D eigenvalue weighted by Gasteiger charge is -2.19. The van der Waals surface area contributed by atoms with Gasteiger partial charge in [-0.25, -0.2) is 0 Å². The van der Waals surface area contributed by atoms with Crippen LogP contribution in [0.25, 0.3) is 0 Å². The summed E-state index contributed by atoms with van der Waals surface area (Å²) in [6.07, 6.45) is 0. The zero-order valence-corrected chi connectivity index (χ0v) is 12.3. The van der Waals surface area contributed by atoms with Crippen molar-refractivity contribution in [3.8, 4) is 0 Å². The molecule has 104 valence electrons. The number of nitrogens with one attached hydrogen (secondary N) is 1. The zero-order chi connectivity index (χ0) is 14.5. The number of carbonyl (C=O) groups is 1. The van der Waals surface area contributed by atoms with Crippen LogP contribution in [0.3, 0.4) is 0 Å². The Labute approximate surface area is 124 Å². The van der Waals surface area contributed by atoms with Gasteiger partial charge < -0.3 is 10.2 Å². The molecule has 1 N–H and O–H groups in total. The monoisotopic (exact) mass is 288 g/mol. The van der Waals surface area contributed by atoms with Crippen molar-refractivity contribution in [2.75, 3.05) is 19.4 Å². The summed E-state index contributed by atoms with van der Waals surface area (Å²) in [6.45, 7) is 0.550. The summed E-state index contributed by atoms with van der Waals surface area (Å²) in [5.41, 5.74) is 2.55. The van der Waals surface area contributed by atoms with Crippen LogP contribution < -0.4 is 5.32 Å². The van der Waals surface area contributed by atoms with E-state index in [4.69, 9.17) is 11.6 Å². The summed E-state index contributed by atoms with van der Waals surface area (Å²) in [4.78, 5) is 14.1. The number of rotatable bonds is 4. The molecule has 2 aromatic rings. The van der Waals surface area contributed by atoms with E-state index in [1.54, 1.807) is 11.9 Å². The maximum absolute atomic E-state index is 12.5. The van der Waals surface area contributed by atoms with E-state index in [-0.39, 0.29) is 5.91 Å². The predicted molar refractivity (Wildman–Crippen MR) is 83.2 cm³/mol. The van der Waals surface area contributed by atoms with Gasteiger partial charge in [0.25, 0.3) is 5.91 Å². The van der Waals surface area contributed by atoms with Crippen LogP contribution in [0.5, 0.6) is 0 Å². The largest absolute Gasteiger partial charge is 0.387 e. The SMILES string of the molecule is CNc1ccccc1C(=O)N(C)Cc1ccc(Cl)cc1. The number of anilines is 1. The lowest BCUT2D eigenvalue weighted by atomic mass is 10.1. The van der Waals surface area contributed by atoms with Gasteiger partial charge in [-0.1, -0.05) is 35.9 Å². The van der Waals surface area contributed by atoms with Crippen LogP contribution in [-0.4, -0.2) is 24.9 Å². The van der Waals surface area contributed by atoms with Crippen molar-refractivity contribution in [1.82, 2.24) is 4.90 Å². The summed E-state index contributed by atoms with van der Waals surface area (Å²) in [6, 6.07) is 15.0. The Hall–Kier alpha value is -2.00. The first-order chi connectivity index (χ1) is 9.61. The molecule has 0 radical (unpaired) electrons. The highest BCUT2D eigenvalue weighted by atomic mass is 35.5. The number of halogens is 1. The first-order valence-electron chi connectivity index (χ1n) is 6.38. The molecule has 0 fully saturated rings. The fraction of sp³-hybridized carbons (Fsp3) is 0.188. The third-order valence-electron chi connectivity index (χ3n) is 3.11. The van der Waals surface area contributed by atoms with Crippen LogP contribution in [0, 0.1) is 0 Å². The first-order valence-corrected chi connectivity index (χ1v) is 6.76. The fourth-order valence-corrected chi connectivity index (χ4v) is 2.15. The van der Waals surface area contributed by atoms with Gasteiger partial charge in [0.15, 0.2) is 0 Å². The maximum atomic E-state index is 12.5. The van der Waals surface area contributed by atoms with E-state index >= 15 is 0 Å². The number of hydrogen-bond acceptors (Lipinski definition) is 2. The molecule has 2 rings (SSSR count). The van der Waals surface area contributed by atoms with Crippen LogP contribution in [0.1, 0.15) is 15.9 Å². The molecule has 0 heterocycles. The highest BCUT2D eigenvalue weighted by Crippen LogP contribution is 2.17. The second-order valence-electron chi connectivity index (χ2n) is 4.58. The molecule has 0 bridgehead atoms.